The van der Waals surface area contributed by atoms with E-state index in [0.717, 1.165) is 13.0 Å². The van der Waals surface area contributed by atoms with Gasteiger partial charge in [0.25, 0.3) is 0 Å². The maximum atomic E-state index is 12.3. The maximum absolute atomic E-state index is 12.3. The molecule has 2 rings (SSSR count). The molecule has 0 aliphatic rings. The van der Waals surface area contributed by atoms with Crippen LogP contribution >= 0.6 is 0 Å². The van der Waals surface area contributed by atoms with Gasteiger partial charge in [0.2, 0.25) is 0 Å². The van der Waals surface area contributed by atoms with E-state index in [9.17, 15) is 14.7 Å². The molecule has 1 aromatic carbocycles. The van der Waals surface area contributed by atoms with E-state index in [4.69, 9.17) is 4.74 Å². The number of carbonyl (C=O) groups is 2. The monoisotopic (exact) mass is 345 g/mol. The summed E-state index contributed by atoms with van der Waals surface area (Å²) in [5.74, 6) is -0.550. The molecule has 0 bridgehead atoms. The molecule has 0 aliphatic heterocycles. The molecule has 0 aliphatic carbocycles. The molecule has 7 heteroatoms. The Morgan fingerprint density at radius 1 is 1.32 bits per heavy atom. The van der Waals surface area contributed by atoms with Gasteiger partial charge in [0.1, 0.15) is 11.8 Å². The summed E-state index contributed by atoms with van der Waals surface area (Å²) in [5, 5.41) is 12.3. The molecule has 1 atom stereocenters. The van der Waals surface area contributed by atoms with E-state index in [1.165, 1.54) is 0 Å². The van der Waals surface area contributed by atoms with Crippen LogP contribution in [0.5, 0.6) is 5.75 Å². The average Bonchev–Trinajstić information content (AvgIpc) is 3.11. The van der Waals surface area contributed by atoms with Crippen LogP contribution in [0.4, 0.5) is 0 Å². The van der Waals surface area contributed by atoms with Crippen LogP contribution in [-0.4, -0.2) is 45.6 Å². The second-order valence-corrected chi connectivity index (χ2v) is 5.58. The number of Topliss-reactive ketones (excluding diaryl/α,β-unsaturated/α-hetero) is 1. The minimum atomic E-state index is -1.03. The Hall–Kier alpha value is -2.67. The van der Waals surface area contributed by atoms with Crippen LogP contribution in [0.1, 0.15) is 30.1 Å². The lowest BCUT2D eigenvalue weighted by Gasteiger charge is -2.14. The van der Waals surface area contributed by atoms with E-state index in [0.29, 0.717) is 24.5 Å². The van der Waals surface area contributed by atoms with E-state index < -0.39 is 12.0 Å². The second-order valence-electron chi connectivity index (χ2n) is 5.58. The minimum absolute atomic E-state index is 0.0889. The van der Waals surface area contributed by atoms with Gasteiger partial charge in [-0.05, 0) is 44.2 Å². The third-order valence-corrected chi connectivity index (χ3v) is 3.72. The number of carboxylic acids is 1. The second kappa shape index (κ2) is 9.58. The smallest absolute Gasteiger partial charge is 0.321 e. The molecule has 134 valence electrons. The fourth-order valence-corrected chi connectivity index (χ4v) is 2.41. The SMILES string of the molecule is CCOc1ccc(C(=O)C[C@@H](NCCCn2ccnc2)C(=O)O)cc1. The van der Waals surface area contributed by atoms with E-state index in [1.807, 2.05) is 17.7 Å². The van der Waals surface area contributed by atoms with E-state index in [1.54, 1.807) is 36.8 Å². The Balaban J connectivity index is 1.82. The molecule has 2 aromatic rings. The van der Waals surface area contributed by atoms with Gasteiger partial charge in [0.15, 0.2) is 5.78 Å². The quantitative estimate of drug-likeness (QED) is 0.478. The fourth-order valence-electron chi connectivity index (χ4n) is 2.41. The normalized spacial score (nSPS) is 11.9. The lowest BCUT2D eigenvalue weighted by atomic mass is 10.0. The van der Waals surface area contributed by atoms with Crippen LogP contribution in [0.3, 0.4) is 0 Å². The van der Waals surface area contributed by atoms with Gasteiger partial charge in [-0.1, -0.05) is 0 Å². The van der Waals surface area contributed by atoms with Gasteiger partial charge in [-0.3, -0.25) is 9.59 Å². The van der Waals surface area contributed by atoms with Crippen molar-refractivity contribution < 1.29 is 19.4 Å². The Kier molecular flexibility index (Phi) is 7.16. The number of carboxylic acid groups (broad SMARTS) is 1. The molecular formula is C18H23N3O4. The van der Waals surface area contributed by atoms with Crippen molar-refractivity contribution >= 4 is 11.8 Å². The van der Waals surface area contributed by atoms with Crippen molar-refractivity contribution in [2.45, 2.75) is 32.4 Å². The molecule has 2 N–H and O–H groups in total. The predicted octanol–water partition coefficient (Wildman–Crippen LogP) is 1.99. The number of aliphatic carboxylic acids is 1. The van der Waals surface area contributed by atoms with E-state index >= 15 is 0 Å². The average molecular weight is 345 g/mol. The summed E-state index contributed by atoms with van der Waals surface area (Å²) in [6, 6.07) is 5.84. The highest BCUT2D eigenvalue weighted by Gasteiger charge is 2.21. The molecule has 25 heavy (non-hydrogen) atoms. The number of aromatic nitrogens is 2. The van der Waals surface area contributed by atoms with Gasteiger partial charge in [-0.2, -0.15) is 0 Å². The number of nitrogens with one attached hydrogen (secondary N) is 1. The Morgan fingerprint density at radius 3 is 2.68 bits per heavy atom. The molecule has 7 nitrogen and oxygen atoms in total. The first-order valence-electron chi connectivity index (χ1n) is 8.28. The molecule has 0 spiro atoms. The topological polar surface area (TPSA) is 93.5 Å². The molecule has 1 aromatic heterocycles. The Bertz CT molecular complexity index is 668. The number of ketones is 1. The van der Waals surface area contributed by atoms with Gasteiger partial charge in [-0.15, -0.1) is 0 Å². The first-order chi connectivity index (χ1) is 12.1. The third kappa shape index (κ3) is 6.04. The number of ether oxygens (including phenoxy) is 1. The van der Waals surface area contributed by atoms with Crippen molar-refractivity contribution in [2.75, 3.05) is 13.2 Å². The van der Waals surface area contributed by atoms with Crippen molar-refractivity contribution in [1.29, 1.82) is 0 Å². The molecule has 0 saturated heterocycles. The molecule has 0 radical (unpaired) electrons. The molecular weight excluding hydrogens is 322 g/mol. The van der Waals surface area contributed by atoms with Gasteiger partial charge in [0, 0.05) is 30.9 Å². The molecule has 0 amide bonds. The number of hydrogen-bond acceptors (Lipinski definition) is 5. The summed E-state index contributed by atoms with van der Waals surface area (Å²) >= 11 is 0. The van der Waals surface area contributed by atoms with Crippen LogP contribution in [-0.2, 0) is 11.3 Å². The number of nitrogens with zero attached hydrogens (tertiary/aromatic N) is 2. The summed E-state index contributed by atoms with van der Waals surface area (Å²) in [4.78, 5) is 27.6. The number of carbonyl (C=O) groups excluding carboxylic acids is 1. The minimum Gasteiger partial charge on any atom is -0.494 e. The third-order valence-electron chi connectivity index (χ3n) is 3.72. The highest BCUT2D eigenvalue weighted by Crippen LogP contribution is 2.14. The van der Waals surface area contributed by atoms with Gasteiger partial charge < -0.3 is 19.7 Å². The zero-order valence-electron chi connectivity index (χ0n) is 14.2. The summed E-state index contributed by atoms with van der Waals surface area (Å²) < 4.78 is 7.25. The molecule has 0 unspecified atom stereocenters. The van der Waals surface area contributed by atoms with Crippen LogP contribution < -0.4 is 10.1 Å². The summed E-state index contributed by atoms with van der Waals surface area (Å²) in [6.45, 7) is 3.68. The zero-order chi connectivity index (χ0) is 18.1. The summed E-state index contributed by atoms with van der Waals surface area (Å²) in [7, 11) is 0. The number of imidazole rings is 1. The van der Waals surface area contributed by atoms with Crippen molar-refractivity contribution in [3.05, 3.63) is 48.5 Å². The number of rotatable bonds is 11. The molecule has 0 fully saturated rings. The van der Waals surface area contributed by atoms with Crippen LogP contribution in [0, 0.1) is 0 Å². The van der Waals surface area contributed by atoms with E-state index in [2.05, 4.69) is 10.3 Å². The number of benzene rings is 1. The number of hydrogen-bond donors (Lipinski definition) is 2. The van der Waals surface area contributed by atoms with Crippen molar-refractivity contribution in [3.63, 3.8) is 0 Å². The van der Waals surface area contributed by atoms with E-state index in [-0.39, 0.29) is 12.2 Å². The van der Waals surface area contributed by atoms with Crippen molar-refractivity contribution in [3.8, 4) is 5.75 Å². The highest BCUT2D eigenvalue weighted by molar-refractivity contribution is 5.98. The van der Waals surface area contributed by atoms with Gasteiger partial charge in [0.05, 0.1) is 12.9 Å². The van der Waals surface area contributed by atoms with Crippen LogP contribution in [0.2, 0.25) is 0 Å². The lowest BCUT2D eigenvalue weighted by molar-refractivity contribution is -0.139. The first kappa shape index (κ1) is 18.7. The molecule has 1 heterocycles. The van der Waals surface area contributed by atoms with Crippen molar-refractivity contribution in [2.24, 2.45) is 0 Å². The van der Waals surface area contributed by atoms with Crippen molar-refractivity contribution in [1.82, 2.24) is 14.9 Å². The predicted molar refractivity (Wildman–Crippen MR) is 92.8 cm³/mol. The standard InChI is InChI=1S/C18H23N3O4/c1-2-25-15-6-4-14(5-7-15)17(22)12-16(18(23)24)20-8-3-10-21-11-9-19-13-21/h4-7,9,11,13,16,20H,2-3,8,10,12H2,1H3,(H,23,24)/t16-/m1/s1. The summed E-state index contributed by atoms with van der Waals surface area (Å²) in [6.07, 6.45) is 5.92. The maximum Gasteiger partial charge on any atom is 0.321 e. The van der Waals surface area contributed by atoms with Gasteiger partial charge in [-0.25, -0.2) is 4.98 Å². The summed E-state index contributed by atoms with van der Waals surface area (Å²) in [5.41, 5.74) is 0.481. The highest BCUT2D eigenvalue weighted by atomic mass is 16.5. The Labute approximate surface area is 146 Å². The van der Waals surface area contributed by atoms with Crippen LogP contribution in [0.25, 0.3) is 0 Å². The fraction of sp³-hybridized carbons (Fsp3) is 0.389. The first-order valence-corrected chi connectivity index (χ1v) is 8.28. The lowest BCUT2D eigenvalue weighted by Crippen LogP contribution is -2.39. The van der Waals surface area contributed by atoms with Gasteiger partial charge >= 0.3 is 5.97 Å². The molecule has 0 saturated carbocycles. The number of aryl methyl sites for hydroxylation is 1. The Morgan fingerprint density at radius 2 is 2.08 bits per heavy atom. The zero-order valence-corrected chi connectivity index (χ0v) is 14.2. The van der Waals surface area contributed by atoms with Crippen LogP contribution in [0.15, 0.2) is 43.0 Å². The largest absolute Gasteiger partial charge is 0.494 e.